The lowest BCUT2D eigenvalue weighted by atomic mass is 10.2. The lowest BCUT2D eigenvalue weighted by Gasteiger charge is -2.13. The number of hydrogen-bond acceptors (Lipinski definition) is 8. The van der Waals surface area contributed by atoms with E-state index in [0.717, 1.165) is 17.3 Å². The van der Waals surface area contributed by atoms with E-state index in [-0.39, 0.29) is 33.6 Å². The van der Waals surface area contributed by atoms with Crippen LogP contribution in [0.15, 0.2) is 52.3 Å². The number of benzene rings is 1. The van der Waals surface area contributed by atoms with Gasteiger partial charge in [-0.25, -0.2) is 0 Å². The van der Waals surface area contributed by atoms with Crippen molar-refractivity contribution < 1.29 is 24.2 Å². The smallest absolute Gasteiger partial charge is 0.305 e. The summed E-state index contributed by atoms with van der Waals surface area (Å²) in [4.78, 5) is 43.2. The lowest BCUT2D eigenvalue weighted by molar-refractivity contribution is -0.137. The third kappa shape index (κ3) is 4.52. The van der Waals surface area contributed by atoms with Gasteiger partial charge in [0.05, 0.1) is 18.4 Å². The zero-order valence-corrected chi connectivity index (χ0v) is 19.8. The molecule has 0 radical (unpaired) electrons. The van der Waals surface area contributed by atoms with Gasteiger partial charge in [0.15, 0.2) is 11.5 Å². The summed E-state index contributed by atoms with van der Waals surface area (Å²) < 4.78 is 13.0. The zero-order chi connectivity index (χ0) is 24.4. The Morgan fingerprint density at radius 1 is 1.21 bits per heavy atom. The molecule has 0 unspecified atom stereocenters. The van der Waals surface area contributed by atoms with E-state index >= 15 is 0 Å². The number of para-hydroxylation sites is 2. The maximum Gasteiger partial charge on any atom is 0.305 e. The van der Waals surface area contributed by atoms with E-state index < -0.39 is 17.4 Å². The van der Waals surface area contributed by atoms with Crippen LogP contribution in [0.1, 0.15) is 17.5 Å². The molecule has 1 saturated heterocycles. The summed E-state index contributed by atoms with van der Waals surface area (Å²) in [6, 6.07) is 10.5. The van der Waals surface area contributed by atoms with Gasteiger partial charge in [-0.2, -0.15) is 4.98 Å². The summed E-state index contributed by atoms with van der Waals surface area (Å²) in [6.07, 6.45) is 2.72. The molecule has 34 heavy (non-hydrogen) atoms. The van der Waals surface area contributed by atoms with Crippen molar-refractivity contribution in [3.05, 3.63) is 69.0 Å². The minimum absolute atomic E-state index is 0.000366. The van der Waals surface area contributed by atoms with Crippen LogP contribution in [-0.4, -0.2) is 49.2 Å². The third-order valence-electron chi connectivity index (χ3n) is 5.02. The molecule has 0 spiro atoms. The Morgan fingerprint density at radius 2 is 1.94 bits per heavy atom. The number of ether oxygens (including phenoxy) is 2. The summed E-state index contributed by atoms with van der Waals surface area (Å²) in [5.41, 5.74) is 0.779. The Kier molecular flexibility index (Phi) is 6.66. The van der Waals surface area contributed by atoms with Crippen molar-refractivity contribution in [3.8, 4) is 17.4 Å². The standard InChI is InChI=1S/C23H19N3O6S2/c1-13-6-5-10-25-19(13)24-20(32-16-8-4-3-7-15(16)31-2)14(21(25)29)12-17-22(30)26(23(33)34-17)11-9-18(27)28/h3-8,10,12H,9,11H2,1-2H3,(H,27,28)/b17-12+. The highest BCUT2D eigenvalue weighted by Crippen LogP contribution is 2.36. The van der Waals surface area contributed by atoms with E-state index in [1.165, 1.54) is 22.5 Å². The molecular weight excluding hydrogens is 478 g/mol. The van der Waals surface area contributed by atoms with Gasteiger partial charge in [0.25, 0.3) is 11.5 Å². The molecule has 0 bridgehead atoms. The van der Waals surface area contributed by atoms with Crippen molar-refractivity contribution in [2.45, 2.75) is 13.3 Å². The first-order chi connectivity index (χ1) is 16.3. The molecule has 3 aromatic rings. The van der Waals surface area contributed by atoms with Crippen LogP contribution in [0.25, 0.3) is 11.7 Å². The molecule has 0 saturated carbocycles. The number of thioether (sulfide) groups is 1. The highest BCUT2D eigenvalue weighted by atomic mass is 32.2. The van der Waals surface area contributed by atoms with Crippen molar-refractivity contribution in [3.63, 3.8) is 0 Å². The van der Waals surface area contributed by atoms with E-state index in [1.54, 1.807) is 36.5 Å². The molecule has 1 aliphatic rings. The molecule has 1 aromatic carbocycles. The molecule has 1 aliphatic heterocycles. The zero-order valence-electron chi connectivity index (χ0n) is 18.2. The number of nitrogens with zero attached hydrogens (tertiary/aromatic N) is 3. The summed E-state index contributed by atoms with van der Waals surface area (Å²) in [6.45, 7) is 1.76. The van der Waals surface area contributed by atoms with Crippen molar-refractivity contribution >= 4 is 51.9 Å². The first-order valence-electron chi connectivity index (χ1n) is 10.1. The Labute approximate surface area is 203 Å². The van der Waals surface area contributed by atoms with Crippen LogP contribution in [0.2, 0.25) is 0 Å². The predicted octanol–water partition coefficient (Wildman–Crippen LogP) is 3.48. The van der Waals surface area contributed by atoms with Gasteiger partial charge in [0, 0.05) is 12.7 Å². The number of hydrogen-bond donors (Lipinski definition) is 1. The van der Waals surface area contributed by atoms with Crippen LogP contribution < -0.4 is 15.0 Å². The number of rotatable bonds is 7. The van der Waals surface area contributed by atoms with E-state index in [4.69, 9.17) is 26.8 Å². The van der Waals surface area contributed by atoms with Crippen molar-refractivity contribution in [2.75, 3.05) is 13.7 Å². The Bertz CT molecular complexity index is 1420. The van der Waals surface area contributed by atoms with Crippen LogP contribution >= 0.6 is 24.0 Å². The number of carboxylic acids is 1. The Hall–Kier alpha value is -3.70. The molecule has 0 atom stereocenters. The minimum Gasteiger partial charge on any atom is -0.493 e. The van der Waals surface area contributed by atoms with Crippen molar-refractivity contribution in [2.24, 2.45) is 0 Å². The number of pyridine rings is 1. The number of carbonyl (C=O) groups excluding carboxylic acids is 1. The van der Waals surface area contributed by atoms with Gasteiger partial charge < -0.3 is 14.6 Å². The summed E-state index contributed by atoms with van der Waals surface area (Å²) in [5, 5.41) is 8.94. The molecule has 11 heteroatoms. The number of methoxy groups -OCH3 is 1. The van der Waals surface area contributed by atoms with Crippen LogP contribution in [0.5, 0.6) is 17.4 Å². The Balaban J connectivity index is 1.84. The lowest BCUT2D eigenvalue weighted by Crippen LogP contribution is -2.30. The van der Waals surface area contributed by atoms with Gasteiger partial charge in [-0.3, -0.25) is 23.7 Å². The van der Waals surface area contributed by atoms with Crippen molar-refractivity contribution in [1.29, 1.82) is 0 Å². The fourth-order valence-corrected chi connectivity index (χ4v) is 4.62. The van der Waals surface area contributed by atoms with E-state index in [9.17, 15) is 14.4 Å². The SMILES string of the molecule is COc1ccccc1Oc1nc2c(C)cccn2c(=O)c1/C=C1/SC(=S)N(CCC(=O)O)C1=O. The maximum atomic E-state index is 13.4. The van der Waals surface area contributed by atoms with Gasteiger partial charge in [-0.15, -0.1) is 0 Å². The topological polar surface area (TPSA) is 110 Å². The van der Waals surface area contributed by atoms with E-state index in [0.29, 0.717) is 17.1 Å². The van der Waals surface area contributed by atoms with Gasteiger partial charge in [-0.1, -0.05) is 42.2 Å². The van der Waals surface area contributed by atoms with Crippen LogP contribution in [0, 0.1) is 6.92 Å². The molecule has 9 nitrogen and oxygen atoms in total. The molecular formula is C23H19N3O6S2. The number of aliphatic carboxylic acids is 1. The number of thiocarbonyl (C=S) groups is 1. The van der Waals surface area contributed by atoms with Gasteiger partial charge in [-0.05, 0) is 36.8 Å². The highest BCUT2D eigenvalue weighted by molar-refractivity contribution is 8.26. The van der Waals surface area contributed by atoms with E-state index in [2.05, 4.69) is 4.98 Å². The molecule has 1 fully saturated rings. The fourth-order valence-electron chi connectivity index (χ4n) is 3.33. The van der Waals surface area contributed by atoms with Gasteiger partial charge in [0.1, 0.15) is 15.5 Å². The second-order valence-electron chi connectivity index (χ2n) is 7.25. The highest BCUT2D eigenvalue weighted by Gasteiger charge is 2.33. The van der Waals surface area contributed by atoms with Crippen molar-refractivity contribution in [1.82, 2.24) is 14.3 Å². The second kappa shape index (κ2) is 9.65. The number of carbonyl (C=O) groups is 2. The first-order valence-corrected chi connectivity index (χ1v) is 11.3. The average molecular weight is 498 g/mol. The minimum atomic E-state index is -1.04. The van der Waals surface area contributed by atoms with Gasteiger partial charge >= 0.3 is 5.97 Å². The monoisotopic (exact) mass is 497 g/mol. The summed E-state index contributed by atoms with van der Waals surface area (Å²) >= 11 is 6.24. The normalized spacial score (nSPS) is 14.8. The number of carboxylic acid groups (broad SMARTS) is 1. The molecule has 4 rings (SSSR count). The largest absolute Gasteiger partial charge is 0.493 e. The summed E-state index contributed by atoms with van der Waals surface area (Å²) in [7, 11) is 1.50. The van der Waals surface area contributed by atoms with Gasteiger partial charge in [0.2, 0.25) is 5.88 Å². The molecule has 174 valence electrons. The van der Waals surface area contributed by atoms with E-state index in [1.807, 2.05) is 13.0 Å². The molecule has 1 amide bonds. The second-order valence-corrected chi connectivity index (χ2v) is 8.93. The van der Waals surface area contributed by atoms with Crippen LogP contribution in [0.4, 0.5) is 0 Å². The van der Waals surface area contributed by atoms with Crippen LogP contribution in [0.3, 0.4) is 0 Å². The number of amides is 1. The summed E-state index contributed by atoms with van der Waals surface area (Å²) in [5.74, 6) is -0.732. The quantitative estimate of drug-likeness (QED) is 0.387. The average Bonchev–Trinajstić information content (AvgIpc) is 3.08. The molecule has 3 heterocycles. The Morgan fingerprint density at radius 3 is 2.65 bits per heavy atom. The molecule has 0 aliphatic carbocycles. The number of aryl methyl sites for hydroxylation is 1. The first kappa shape index (κ1) is 23.5. The molecule has 2 aromatic heterocycles. The number of aromatic nitrogens is 2. The predicted molar refractivity (Wildman–Crippen MR) is 131 cm³/mol. The molecule has 1 N–H and O–H groups in total. The third-order valence-corrected chi connectivity index (χ3v) is 6.40. The van der Waals surface area contributed by atoms with Crippen LogP contribution in [-0.2, 0) is 9.59 Å². The fraction of sp³-hybridized carbons (Fsp3) is 0.174. The maximum absolute atomic E-state index is 13.4. The number of fused-ring (bicyclic) bond motifs is 1.